The highest BCUT2D eigenvalue weighted by atomic mass is 32.2. The Hall–Kier alpha value is -1.82. The molecule has 0 bridgehead atoms. The Labute approximate surface area is 140 Å². The van der Waals surface area contributed by atoms with Gasteiger partial charge in [-0.25, -0.2) is 4.39 Å². The van der Waals surface area contributed by atoms with Crippen LogP contribution in [0.2, 0.25) is 0 Å². The topological polar surface area (TPSA) is 57.8 Å². The number of rotatable bonds is 8. The molecule has 0 fully saturated rings. The van der Waals surface area contributed by atoms with E-state index in [0.29, 0.717) is 29.5 Å². The summed E-state index contributed by atoms with van der Waals surface area (Å²) in [5.74, 6) is 1.48. The molecule has 0 radical (unpaired) electrons. The Kier molecular flexibility index (Phi) is 6.65. The number of nitrogens with zero attached hydrogens (tertiary/aromatic N) is 1. The van der Waals surface area contributed by atoms with Crippen LogP contribution in [0, 0.1) is 11.7 Å². The number of halogens is 1. The van der Waals surface area contributed by atoms with Crippen molar-refractivity contribution in [2.45, 2.75) is 26.0 Å². The maximum atomic E-state index is 13.4. The monoisotopic (exact) mass is 335 g/mol. The van der Waals surface area contributed by atoms with Gasteiger partial charge in [0.2, 0.25) is 0 Å². The molecule has 0 unspecified atom stereocenters. The van der Waals surface area contributed by atoms with Gasteiger partial charge >= 0.3 is 0 Å². The fourth-order valence-electron chi connectivity index (χ4n) is 2.15. The van der Waals surface area contributed by atoms with Crippen molar-refractivity contribution in [3.05, 3.63) is 53.1 Å². The number of hydrogen-bond donors (Lipinski definition) is 2. The van der Waals surface area contributed by atoms with Crippen LogP contribution in [0.1, 0.15) is 35.6 Å². The Balaban J connectivity index is 1.69. The van der Waals surface area contributed by atoms with Gasteiger partial charge < -0.3 is 5.32 Å². The lowest BCUT2D eigenvalue weighted by Crippen LogP contribution is -2.26. The minimum absolute atomic E-state index is 0.178. The molecule has 0 aliphatic rings. The van der Waals surface area contributed by atoms with Crippen LogP contribution < -0.4 is 5.32 Å². The van der Waals surface area contributed by atoms with Gasteiger partial charge in [0.15, 0.2) is 0 Å². The van der Waals surface area contributed by atoms with Crippen molar-refractivity contribution in [3.8, 4) is 0 Å². The first-order chi connectivity index (χ1) is 11.1. The first kappa shape index (κ1) is 17.5. The number of aromatic nitrogens is 2. The molecule has 2 aromatic rings. The van der Waals surface area contributed by atoms with Gasteiger partial charge in [-0.3, -0.25) is 9.89 Å². The van der Waals surface area contributed by atoms with E-state index in [1.807, 2.05) is 6.07 Å². The SMILES string of the molecule is CC(C)Cc1cc(C(=O)NCCSCc2ccccc2F)n[nH]1. The third-order valence-corrected chi connectivity index (χ3v) is 4.25. The summed E-state index contributed by atoms with van der Waals surface area (Å²) in [6.07, 6.45) is 0.874. The molecule has 0 saturated heterocycles. The third kappa shape index (κ3) is 5.71. The van der Waals surface area contributed by atoms with E-state index in [2.05, 4.69) is 29.4 Å². The second-order valence-electron chi connectivity index (χ2n) is 5.78. The van der Waals surface area contributed by atoms with Crippen molar-refractivity contribution >= 4 is 17.7 Å². The average Bonchev–Trinajstić information content (AvgIpc) is 2.96. The van der Waals surface area contributed by atoms with E-state index < -0.39 is 0 Å². The zero-order valence-electron chi connectivity index (χ0n) is 13.4. The molecule has 1 heterocycles. The summed E-state index contributed by atoms with van der Waals surface area (Å²) >= 11 is 1.59. The summed E-state index contributed by atoms with van der Waals surface area (Å²) in [7, 11) is 0. The molecule has 1 amide bonds. The van der Waals surface area contributed by atoms with Crippen molar-refractivity contribution in [3.63, 3.8) is 0 Å². The number of H-pyrrole nitrogens is 1. The minimum atomic E-state index is -0.182. The zero-order chi connectivity index (χ0) is 16.7. The molecule has 6 heteroatoms. The van der Waals surface area contributed by atoms with Crippen molar-refractivity contribution in [2.75, 3.05) is 12.3 Å². The molecule has 0 aliphatic heterocycles. The second kappa shape index (κ2) is 8.72. The summed E-state index contributed by atoms with van der Waals surface area (Å²) in [6.45, 7) is 4.77. The van der Waals surface area contributed by atoms with E-state index >= 15 is 0 Å². The molecule has 0 atom stereocenters. The molecular weight excluding hydrogens is 313 g/mol. The van der Waals surface area contributed by atoms with Gasteiger partial charge in [-0.2, -0.15) is 16.9 Å². The van der Waals surface area contributed by atoms with Gasteiger partial charge in [0.25, 0.3) is 5.91 Å². The Morgan fingerprint density at radius 1 is 1.39 bits per heavy atom. The van der Waals surface area contributed by atoms with E-state index in [1.54, 1.807) is 30.0 Å². The lowest BCUT2D eigenvalue weighted by atomic mass is 10.1. The molecule has 23 heavy (non-hydrogen) atoms. The molecule has 2 rings (SSSR count). The highest BCUT2D eigenvalue weighted by Gasteiger charge is 2.10. The highest BCUT2D eigenvalue weighted by Crippen LogP contribution is 2.14. The van der Waals surface area contributed by atoms with Crippen LogP contribution in [0.3, 0.4) is 0 Å². The van der Waals surface area contributed by atoms with Crippen molar-refractivity contribution in [2.24, 2.45) is 5.92 Å². The van der Waals surface area contributed by atoms with Gasteiger partial charge in [-0.05, 0) is 30.0 Å². The van der Waals surface area contributed by atoms with E-state index in [-0.39, 0.29) is 11.7 Å². The van der Waals surface area contributed by atoms with Gasteiger partial charge in [0.1, 0.15) is 11.5 Å². The first-order valence-electron chi connectivity index (χ1n) is 7.70. The number of amides is 1. The van der Waals surface area contributed by atoms with Crippen LogP contribution in [0.15, 0.2) is 30.3 Å². The summed E-state index contributed by atoms with van der Waals surface area (Å²) in [4.78, 5) is 12.0. The standard InChI is InChI=1S/C17H22FN3OS/c1-12(2)9-14-10-16(21-20-14)17(22)19-7-8-23-11-13-5-3-4-6-15(13)18/h3-6,10,12H,7-9,11H2,1-2H3,(H,19,22)(H,20,21). The van der Waals surface area contributed by atoms with Gasteiger partial charge in [-0.1, -0.05) is 32.0 Å². The molecular formula is C17H22FN3OS. The van der Waals surface area contributed by atoms with Crippen LogP contribution in [-0.2, 0) is 12.2 Å². The molecule has 4 nitrogen and oxygen atoms in total. The van der Waals surface area contributed by atoms with E-state index in [4.69, 9.17) is 0 Å². The molecule has 2 N–H and O–H groups in total. The summed E-state index contributed by atoms with van der Waals surface area (Å²) in [6, 6.07) is 8.54. The summed E-state index contributed by atoms with van der Waals surface area (Å²) < 4.78 is 13.4. The number of carbonyl (C=O) groups is 1. The van der Waals surface area contributed by atoms with Crippen LogP contribution in [0.5, 0.6) is 0 Å². The van der Waals surface area contributed by atoms with Crippen LogP contribution in [0.25, 0.3) is 0 Å². The maximum Gasteiger partial charge on any atom is 0.271 e. The van der Waals surface area contributed by atoms with Gasteiger partial charge in [-0.15, -0.1) is 0 Å². The van der Waals surface area contributed by atoms with E-state index in [0.717, 1.165) is 17.9 Å². The van der Waals surface area contributed by atoms with E-state index in [1.165, 1.54) is 6.07 Å². The fraction of sp³-hybridized carbons (Fsp3) is 0.412. The van der Waals surface area contributed by atoms with Crippen LogP contribution in [-0.4, -0.2) is 28.4 Å². The number of carbonyl (C=O) groups excluding carboxylic acids is 1. The van der Waals surface area contributed by atoms with Crippen molar-refractivity contribution in [1.29, 1.82) is 0 Å². The number of nitrogens with one attached hydrogen (secondary N) is 2. The molecule has 0 spiro atoms. The lowest BCUT2D eigenvalue weighted by Gasteiger charge is -2.04. The molecule has 0 aliphatic carbocycles. The maximum absolute atomic E-state index is 13.4. The highest BCUT2D eigenvalue weighted by molar-refractivity contribution is 7.98. The van der Waals surface area contributed by atoms with Gasteiger partial charge in [0, 0.05) is 23.7 Å². The van der Waals surface area contributed by atoms with E-state index in [9.17, 15) is 9.18 Å². The number of benzene rings is 1. The third-order valence-electron chi connectivity index (χ3n) is 3.24. The molecule has 124 valence electrons. The smallest absolute Gasteiger partial charge is 0.271 e. The van der Waals surface area contributed by atoms with Crippen LogP contribution in [0.4, 0.5) is 4.39 Å². The Morgan fingerprint density at radius 2 is 2.17 bits per heavy atom. The Bertz CT molecular complexity index is 642. The number of aromatic amines is 1. The van der Waals surface area contributed by atoms with Crippen molar-refractivity contribution < 1.29 is 9.18 Å². The van der Waals surface area contributed by atoms with Crippen LogP contribution >= 0.6 is 11.8 Å². The second-order valence-corrected chi connectivity index (χ2v) is 6.88. The summed E-state index contributed by atoms with van der Waals surface area (Å²) in [5, 5.41) is 9.75. The average molecular weight is 335 g/mol. The minimum Gasteiger partial charge on any atom is -0.350 e. The van der Waals surface area contributed by atoms with Crippen molar-refractivity contribution in [1.82, 2.24) is 15.5 Å². The predicted octanol–water partition coefficient (Wildman–Crippen LogP) is 3.41. The molecule has 1 aromatic heterocycles. The zero-order valence-corrected chi connectivity index (χ0v) is 14.3. The summed E-state index contributed by atoms with van der Waals surface area (Å²) in [5.41, 5.74) is 2.08. The molecule has 1 aromatic carbocycles. The normalized spacial score (nSPS) is 11.0. The Morgan fingerprint density at radius 3 is 2.91 bits per heavy atom. The first-order valence-corrected chi connectivity index (χ1v) is 8.85. The largest absolute Gasteiger partial charge is 0.350 e. The predicted molar refractivity (Wildman–Crippen MR) is 92.0 cm³/mol. The number of thioether (sulfide) groups is 1. The fourth-order valence-corrected chi connectivity index (χ4v) is 2.99. The quantitative estimate of drug-likeness (QED) is 0.727. The van der Waals surface area contributed by atoms with Gasteiger partial charge in [0.05, 0.1) is 0 Å². The molecule has 0 saturated carbocycles. The number of hydrogen-bond acceptors (Lipinski definition) is 3. The lowest BCUT2D eigenvalue weighted by molar-refractivity contribution is 0.0951.